The number of rotatable bonds is 7. The molecule has 1 N–H and O–H groups in total. The first-order chi connectivity index (χ1) is 14.2. The van der Waals surface area contributed by atoms with Gasteiger partial charge in [-0.25, -0.2) is 0 Å². The summed E-state index contributed by atoms with van der Waals surface area (Å²) in [4.78, 5) is 12.3. The number of fused-ring (bicyclic) bond motifs is 1. The van der Waals surface area contributed by atoms with Gasteiger partial charge in [0.25, 0.3) is 0 Å². The van der Waals surface area contributed by atoms with Crippen LogP contribution in [0.4, 0.5) is 0 Å². The Morgan fingerprint density at radius 3 is 2.72 bits per heavy atom. The average Bonchev–Trinajstić information content (AvgIpc) is 3.15. The number of amides is 1. The average molecular weight is 409 g/mol. The fourth-order valence-corrected chi connectivity index (χ4v) is 4.97. The number of aromatic nitrogens is 3. The van der Waals surface area contributed by atoms with Crippen molar-refractivity contribution >= 4 is 28.4 Å². The van der Waals surface area contributed by atoms with Gasteiger partial charge in [0.1, 0.15) is 5.82 Å². The molecule has 4 rings (SSSR count). The van der Waals surface area contributed by atoms with Crippen LogP contribution in [0.15, 0.2) is 47.6 Å². The number of carbonyl (C=O) groups excluding carboxylic acids is 1. The quantitative estimate of drug-likeness (QED) is 0.581. The molecule has 0 saturated heterocycles. The SMILES string of the molecule is CCn1c(Cc2cccc3ccccc23)nnc1SCC(=O)NC1CCCCC1. The Balaban J connectivity index is 1.43. The zero-order valence-electron chi connectivity index (χ0n) is 16.9. The van der Waals surface area contributed by atoms with Crippen LogP contribution in [0.1, 0.15) is 50.4 Å². The van der Waals surface area contributed by atoms with Gasteiger partial charge in [-0.05, 0) is 36.1 Å². The van der Waals surface area contributed by atoms with E-state index in [9.17, 15) is 4.79 Å². The largest absolute Gasteiger partial charge is 0.353 e. The van der Waals surface area contributed by atoms with Crippen LogP contribution in [0.5, 0.6) is 0 Å². The molecule has 1 heterocycles. The first-order valence-electron chi connectivity index (χ1n) is 10.6. The summed E-state index contributed by atoms with van der Waals surface area (Å²) in [6, 6.07) is 15.2. The molecule has 0 aliphatic heterocycles. The first kappa shape index (κ1) is 20.0. The molecular formula is C23H28N4OS. The van der Waals surface area contributed by atoms with Crippen LogP contribution in [0.25, 0.3) is 10.8 Å². The van der Waals surface area contributed by atoms with Crippen molar-refractivity contribution in [2.75, 3.05) is 5.75 Å². The number of benzene rings is 2. The summed E-state index contributed by atoms with van der Waals surface area (Å²) in [7, 11) is 0. The van der Waals surface area contributed by atoms with Gasteiger partial charge in [-0.15, -0.1) is 10.2 Å². The Labute approximate surface area is 176 Å². The number of thioether (sulfide) groups is 1. The van der Waals surface area contributed by atoms with E-state index in [4.69, 9.17) is 0 Å². The first-order valence-corrected chi connectivity index (χ1v) is 11.5. The molecule has 0 bridgehead atoms. The summed E-state index contributed by atoms with van der Waals surface area (Å²) in [5.74, 6) is 1.44. The molecule has 0 unspecified atom stereocenters. The summed E-state index contributed by atoms with van der Waals surface area (Å²) in [5.41, 5.74) is 1.25. The maximum atomic E-state index is 12.3. The van der Waals surface area contributed by atoms with Gasteiger partial charge in [-0.1, -0.05) is 73.5 Å². The molecule has 3 aromatic rings. The van der Waals surface area contributed by atoms with E-state index in [1.54, 1.807) is 0 Å². The maximum Gasteiger partial charge on any atom is 0.230 e. The highest BCUT2D eigenvalue weighted by atomic mass is 32.2. The minimum Gasteiger partial charge on any atom is -0.353 e. The van der Waals surface area contributed by atoms with Gasteiger partial charge in [-0.3, -0.25) is 4.79 Å². The molecule has 1 amide bonds. The lowest BCUT2D eigenvalue weighted by Gasteiger charge is -2.22. The lowest BCUT2D eigenvalue weighted by atomic mass is 9.95. The minimum absolute atomic E-state index is 0.100. The van der Waals surface area contributed by atoms with Gasteiger partial charge in [-0.2, -0.15) is 0 Å². The van der Waals surface area contributed by atoms with Crippen molar-refractivity contribution in [1.29, 1.82) is 0 Å². The number of nitrogens with one attached hydrogen (secondary N) is 1. The fraction of sp³-hybridized carbons (Fsp3) is 0.435. The second-order valence-electron chi connectivity index (χ2n) is 7.65. The Morgan fingerprint density at radius 2 is 1.90 bits per heavy atom. The molecule has 152 valence electrons. The molecule has 5 nitrogen and oxygen atoms in total. The van der Waals surface area contributed by atoms with Crippen LogP contribution >= 0.6 is 11.8 Å². The molecule has 1 fully saturated rings. The molecule has 6 heteroatoms. The van der Waals surface area contributed by atoms with E-state index in [1.807, 2.05) is 0 Å². The fourth-order valence-electron chi connectivity index (χ4n) is 4.14. The molecule has 1 saturated carbocycles. The van der Waals surface area contributed by atoms with Gasteiger partial charge in [0.05, 0.1) is 5.75 Å². The van der Waals surface area contributed by atoms with Crippen molar-refractivity contribution in [3.05, 3.63) is 53.9 Å². The predicted molar refractivity (Wildman–Crippen MR) is 118 cm³/mol. The van der Waals surface area contributed by atoms with Crippen molar-refractivity contribution in [1.82, 2.24) is 20.1 Å². The number of hydrogen-bond acceptors (Lipinski definition) is 4. The van der Waals surface area contributed by atoms with Crippen LogP contribution in [-0.4, -0.2) is 32.5 Å². The second-order valence-corrected chi connectivity index (χ2v) is 8.59. The van der Waals surface area contributed by atoms with Crippen LogP contribution < -0.4 is 5.32 Å². The van der Waals surface area contributed by atoms with Crippen LogP contribution in [0.3, 0.4) is 0 Å². The van der Waals surface area contributed by atoms with Crippen molar-refractivity contribution in [3.8, 4) is 0 Å². The van der Waals surface area contributed by atoms with Crippen LogP contribution in [0, 0.1) is 0 Å². The highest BCUT2D eigenvalue weighted by molar-refractivity contribution is 7.99. The Hall–Kier alpha value is -2.34. The van der Waals surface area contributed by atoms with E-state index in [0.717, 1.165) is 36.8 Å². The van der Waals surface area contributed by atoms with Crippen molar-refractivity contribution in [2.24, 2.45) is 0 Å². The van der Waals surface area contributed by atoms with Gasteiger partial charge in [0, 0.05) is 19.0 Å². The van der Waals surface area contributed by atoms with Gasteiger partial charge >= 0.3 is 0 Å². The molecule has 0 radical (unpaired) electrons. The number of nitrogens with zero attached hydrogens (tertiary/aromatic N) is 3. The number of carbonyl (C=O) groups is 1. The van der Waals surface area contributed by atoms with E-state index >= 15 is 0 Å². The molecule has 1 aliphatic carbocycles. The summed E-state index contributed by atoms with van der Waals surface area (Å²) in [6.45, 7) is 2.89. The van der Waals surface area contributed by atoms with Gasteiger partial charge in [0.2, 0.25) is 5.91 Å². The van der Waals surface area contributed by atoms with Crippen LogP contribution in [-0.2, 0) is 17.8 Å². The Morgan fingerprint density at radius 1 is 1.10 bits per heavy atom. The predicted octanol–water partition coefficient (Wildman–Crippen LogP) is 4.58. The lowest BCUT2D eigenvalue weighted by Crippen LogP contribution is -2.37. The summed E-state index contributed by atoms with van der Waals surface area (Å²) in [5, 5.41) is 15.3. The van der Waals surface area contributed by atoms with Crippen molar-refractivity contribution < 1.29 is 4.79 Å². The van der Waals surface area contributed by atoms with E-state index in [0.29, 0.717) is 11.8 Å². The summed E-state index contributed by atoms with van der Waals surface area (Å²) >= 11 is 1.48. The molecule has 0 atom stereocenters. The zero-order chi connectivity index (χ0) is 20.1. The van der Waals surface area contributed by atoms with E-state index in [-0.39, 0.29) is 5.91 Å². The third kappa shape index (κ3) is 4.81. The van der Waals surface area contributed by atoms with Crippen molar-refractivity contribution in [2.45, 2.75) is 63.2 Å². The van der Waals surface area contributed by atoms with E-state index < -0.39 is 0 Å². The standard InChI is InChI=1S/C23H28N4OS/c1-2-27-21(15-18-11-8-10-17-9-6-7-14-20(17)18)25-26-23(27)29-16-22(28)24-19-12-4-3-5-13-19/h6-11,14,19H,2-5,12-13,15-16H2,1H3,(H,24,28). The second kappa shape index (κ2) is 9.44. The zero-order valence-corrected chi connectivity index (χ0v) is 17.8. The van der Waals surface area contributed by atoms with Gasteiger partial charge in [0.15, 0.2) is 5.16 Å². The smallest absolute Gasteiger partial charge is 0.230 e. The van der Waals surface area contributed by atoms with Crippen molar-refractivity contribution in [3.63, 3.8) is 0 Å². The highest BCUT2D eigenvalue weighted by Gasteiger charge is 2.18. The third-order valence-electron chi connectivity index (χ3n) is 5.64. The van der Waals surface area contributed by atoms with Crippen LogP contribution in [0.2, 0.25) is 0 Å². The highest BCUT2D eigenvalue weighted by Crippen LogP contribution is 2.23. The van der Waals surface area contributed by atoms with E-state index in [1.165, 1.54) is 47.4 Å². The maximum absolute atomic E-state index is 12.3. The molecule has 1 aromatic heterocycles. The molecule has 1 aliphatic rings. The lowest BCUT2D eigenvalue weighted by molar-refractivity contribution is -0.119. The van der Waals surface area contributed by atoms with E-state index in [2.05, 4.69) is 69.5 Å². The molecule has 29 heavy (non-hydrogen) atoms. The molecule has 0 spiro atoms. The Kier molecular flexibility index (Phi) is 6.49. The number of hydrogen-bond donors (Lipinski definition) is 1. The third-order valence-corrected chi connectivity index (χ3v) is 6.61. The molecular weight excluding hydrogens is 380 g/mol. The molecule has 2 aromatic carbocycles. The Bertz CT molecular complexity index is 973. The summed E-state index contributed by atoms with van der Waals surface area (Å²) < 4.78 is 2.13. The topological polar surface area (TPSA) is 59.8 Å². The monoisotopic (exact) mass is 408 g/mol. The normalized spacial score (nSPS) is 14.9. The van der Waals surface area contributed by atoms with Gasteiger partial charge < -0.3 is 9.88 Å². The minimum atomic E-state index is 0.100. The summed E-state index contributed by atoms with van der Waals surface area (Å²) in [6.07, 6.45) is 6.68.